The lowest BCUT2D eigenvalue weighted by molar-refractivity contribution is -0.137. The Balaban J connectivity index is 1.16. The Kier molecular flexibility index (Phi) is 18.8. The average molecular weight is 1130 g/mol. The Labute approximate surface area is 467 Å². The molecule has 14 nitrogen and oxygen atoms in total. The first-order chi connectivity index (χ1) is 37.4. The molecular weight excluding hydrogens is 1050 g/mol. The highest BCUT2D eigenvalue weighted by Crippen LogP contribution is 2.46. The molecule has 430 valence electrons. The number of hydrogen-bond donors (Lipinski definition) is 0. The number of alkyl halides is 1. The number of aryl methyl sites for hydroxylation is 1. The number of benzene rings is 3. The van der Waals surface area contributed by atoms with E-state index < -0.39 is 57.5 Å². The molecule has 2 amide bonds. The molecule has 3 saturated heterocycles. The third-order valence-corrected chi connectivity index (χ3v) is 23.5. The van der Waals surface area contributed by atoms with Gasteiger partial charge in [-0.2, -0.15) is 9.97 Å². The molecule has 3 atom stereocenters. The largest absolute Gasteiger partial charge is 0.543 e. The van der Waals surface area contributed by atoms with Crippen molar-refractivity contribution in [2.24, 2.45) is 0 Å². The Bertz CT molecular complexity index is 2920. The van der Waals surface area contributed by atoms with Gasteiger partial charge in [0.05, 0.1) is 30.1 Å². The Morgan fingerprint density at radius 3 is 2.34 bits per heavy atom. The van der Waals surface area contributed by atoms with Crippen LogP contribution in [0.15, 0.2) is 60.8 Å². The van der Waals surface area contributed by atoms with E-state index in [1.54, 1.807) is 37.8 Å². The lowest BCUT2D eigenvalue weighted by Crippen LogP contribution is -2.50. The van der Waals surface area contributed by atoms with Crippen LogP contribution in [0, 0.1) is 11.6 Å². The summed E-state index contributed by atoms with van der Waals surface area (Å²) in [7, 11) is -3.99. The molecule has 3 aliphatic heterocycles. The number of aromatic nitrogens is 3. The summed E-state index contributed by atoms with van der Waals surface area (Å²) in [5.74, 6) is -0.967. The Hall–Kier alpha value is -5.35. The van der Waals surface area contributed by atoms with Crippen molar-refractivity contribution in [2.45, 2.75) is 167 Å². The molecule has 79 heavy (non-hydrogen) atoms. The average Bonchev–Trinajstić information content (AvgIpc) is 4.00. The lowest BCUT2D eigenvalue weighted by Gasteiger charge is -2.42. The van der Waals surface area contributed by atoms with Crippen LogP contribution in [0.1, 0.15) is 99.1 Å². The predicted octanol–water partition coefficient (Wildman–Crippen LogP) is 12.9. The first kappa shape index (κ1) is 59.8. The van der Waals surface area contributed by atoms with Gasteiger partial charge in [-0.25, -0.2) is 18.0 Å². The van der Waals surface area contributed by atoms with Gasteiger partial charge in [0.2, 0.25) is 11.8 Å². The van der Waals surface area contributed by atoms with Gasteiger partial charge in [-0.1, -0.05) is 97.6 Å². The third kappa shape index (κ3) is 14.1. The zero-order valence-corrected chi connectivity index (χ0v) is 50.6. The molecule has 19 heteroatoms. The van der Waals surface area contributed by atoms with Crippen LogP contribution in [0.5, 0.6) is 17.6 Å². The van der Waals surface area contributed by atoms with Crippen molar-refractivity contribution in [3.8, 4) is 28.9 Å². The van der Waals surface area contributed by atoms with E-state index >= 15 is 8.78 Å². The van der Waals surface area contributed by atoms with Gasteiger partial charge in [-0.05, 0) is 116 Å². The van der Waals surface area contributed by atoms with Crippen molar-refractivity contribution in [1.82, 2.24) is 29.7 Å². The second kappa shape index (κ2) is 24.8. The zero-order valence-electron chi connectivity index (χ0n) is 48.6. The highest BCUT2D eigenvalue weighted by atomic mass is 28.4. The van der Waals surface area contributed by atoms with Crippen LogP contribution >= 0.6 is 0 Å². The van der Waals surface area contributed by atoms with Gasteiger partial charge >= 0.3 is 12.1 Å². The van der Waals surface area contributed by atoms with E-state index in [2.05, 4.69) is 71.1 Å². The van der Waals surface area contributed by atoms with Gasteiger partial charge in [0.25, 0.3) is 8.32 Å². The number of ether oxygens (including phenoxy) is 5. The maximum absolute atomic E-state index is 18.1. The number of fused-ring (bicyclic) bond motifs is 3. The van der Waals surface area contributed by atoms with E-state index in [1.165, 1.54) is 17.2 Å². The summed E-state index contributed by atoms with van der Waals surface area (Å²) in [6.07, 6.45) is 1.78. The number of pyridine rings is 1. The van der Waals surface area contributed by atoms with Gasteiger partial charge in [0.1, 0.15) is 61.0 Å². The smallest absolute Gasteiger partial charge is 0.410 e. The monoisotopic (exact) mass is 1130 g/mol. The summed E-state index contributed by atoms with van der Waals surface area (Å²) in [6, 6.07) is 17.2. The fourth-order valence-electron chi connectivity index (χ4n) is 12.0. The van der Waals surface area contributed by atoms with Gasteiger partial charge in [0.15, 0.2) is 5.82 Å². The molecule has 0 saturated carbocycles. The number of carbonyl (C=O) groups is 2. The van der Waals surface area contributed by atoms with Gasteiger partial charge in [-0.3, -0.25) is 19.6 Å². The van der Waals surface area contributed by atoms with Crippen LogP contribution in [0.2, 0.25) is 42.3 Å². The minimum atomic E-state index is -2.59. The number of hydrogen-bond acceptors (Lipinski definition) is 12. The minimum absolute atomic E-state index is 0.0538. The molecule has 0 spiro atoms. The number of nitrogens with zero attached hydrogens (tertiary/aromatic N) is 6. The van der Waals surface area contributed by atoms with Crippen molar-refractivity contribution in [3.63, 3.8) is 0 Å². The number of carbonyl (C=O) groups excluding carboxylic acids is 2. The molecule has 0 radical (unpaired) electrons. The minimum Gasteiger partial charge on any atom is -0.543 e. The van der Waals surface area contributed by atoms with Crippen LogP contribution in [0.3, 0.4) is 0 Å². The molecule has 0 unspecified atom stereocenters. The maximum Gasteiger partial charge on any atom is 0.410 e. The number of halogens is 3. The first-order valence-corrected chi connectivity index (χ1v) is 34.2. The van der Waals surface area contributed by atoms with Gasteiger partial charge in [0, 0.05) is 46.0 Å². The topological polar surface area (TPSA) is 138 Å². The predicted molar refractivity (Wildman–Crippen MR) is 308 cm³/mol. The lowest BCUT2D eigenvalue weighted by atomic mass is 9.93. The van der Waals surface area contributed by atoms with Crippen molar-refractivity contribution in [2.75, 3.05) is 59.3 Å². The highest BCUT2D eigenvalue weighted by Gasteiger charge is 2.50. The summed E-state index contributed by atoms with van der Waals surface area (Å²) < 4.78 is 87.9. The van der Waals surface area contributed by atoms with Crippen LogP contribution in [0.25, 0.3) is 32.9 Å². The molecule has 0 aliphatic carbocycles. The van der Waals surface area contributed by atoms with E-state index in [1.807, 2.05) is 36.4 Å². The molecule has 3 aliphatic rings. The quantitative estimate of drug-likeness (QED) is 0.0482. The summed E-state index contributed by atoms with van der Waals surface area (Å²) in [5, 5.41) is 1.30. The molecule has 0 N–H and O–H groups in total. The SMILES string of the molecule is CC(C)[Si](Oc1cc(-c2ncc3c(OCc4ccccc4)nc(OC[C@@]45CCCN4C[C@H](F)C5)nc3c2F)c2c(CCCO[C@@H]3CN(COCC[Si](C)(C)C)C(=O)CN(C(=O)OC(C)(C)C)C3)c(F)ccc2c1)(C(C)C)C(C)C. The number of amides is 2. The van der Waals surface area contributed by atoms with Crippen LogP contribution in [-0.4, -0.2) is 141 Å². The third-order valence-electron chi connectivity index (χ3n) is 15.8. The van der Waals surface area contributed by atoms with Crippen molar-refractivity contribution < 1.29 is 50.9 Å². The molecule has 3 fully saturated rings. The van der Waals surface area contributed by atoms with Gasteiger partial charge in [-0.15, -0.1) is 0 Å². The Morgan fingerprint density at radius 2 is 1.65 bits per heavy atom. The van der Waals surface area contributed by atoms with Gasteiger partial charge < -0.3 is 33.0 Å². The summed E-state index contributed by atoms with van der Waals surface area (Å²) in [6.45, 7) is 27.4. The number of rotatable bonds is 22. The molecular formula is C60H83F3N6O8Si2. The second-order valence-corrected chi connectivity index (χ2v) is 36.1. The summed E-state index contributed by atoms with van der Waals surface area (Å²) >= 11 is 0. The van der Waals surface area contributed by atoms with Crippen molar-refractivity contribution in [3.05, 3.63) is 83.6 Å². The first-order valence-electron chi connectivity index (χ1n) is 28.3. The second-order valence-electron chi connectivity index (χ2n) is 25.1. The molecule has 0 bridgehead atoms. The van der Waals surface area contributed by atoms with Crippen molar-refractivity contribution >= 4 is 50.1 Å². The van der Waals surface area contributed by atoms with E-state index in [4.69, 9.17) is 38.1 Å². The van der Waals surface area contributed by atoms with E-state index in [-0.39, 0.29) is 104 Å². The summed E-state index contributed by atoms with van der Waals surface area (Å²) in [4.78, 5) is 46.3. The molecule has 8 rings (SSSR count). The molecule has 2 aromatic heterocycles. The zero-order chi connectivity index (χ0) is 57.0. The maximum atomic E-state index is 18.1. The van der Waals surface area contributed by atoms with Crippen LogP contribution in [0.4, 0.5) is 18.0 Å². The Morgan fingerprint density at radius 1 is 0.911 bits per heavy atom. The van der Waals surface area contributed by atoms with Crippen LogP contribution in [-0.2, 0) is 32.0 Å². The molecule has 3 aromatic carbocycles. The molecule has 5 heterocycles. The standard InChI is InChI=1S/C60H83F3N6O8Si2/c1-39(2)79(40(3)4,41(5)6)77-45-28-43-21-22-50(62)47(20-16-25-73-46-33-67(58(71)76-59(7,8)9)35-51(70)68(34-46)38-72-26-27-78(10,11)12)52(43)48(29-45)54-53(63)55-49(31-64-54)56(74-36-42-18-14-13-15-19-42)66-57(65-55)75-37-60-23-17-24-69(60)32-44(61)30-60/h13-15,18-19,21-22,28-29,31,39-41,44,46H,16-17,20,23-27,30,32-38H2,1-12H3/t44-,46+,60+/m1/s1. The fraction of sp³-hybridized carbons (Fsp3) is 0.583. The highest BCUT2D eigenvalue weighted by molar-refractivity contribution is 6.78. The van der Waals surface area contributed by atoms with E-state index in [0.29, 0.717) is 53.6 Å². The summed E-state index contributed by atoms with van der Waals surface area (Å²) in [5.41, 5.74) is 0.649. The fourth-order valence-corrected chi connectivity index (χ4v) is 18.0. The normalized spacial score (nSPS) is 19.5. The van der Waals surface area contributed by atoms with E-state index in [9.17, 15) is 14.0 Å². The molecule has 5 aromatic rings. The van der Waals surface area contributed by atoms with E-state index in [0.717, 1.165) is 31.0 Å². The van der Waals surface area contributed by atoms with Crippen LogP contribution < -0.4 is 13.9 Å². The van der Waals surface area contributed by atoms with Crippen molar-refractivity contribution in [1.29, 1.82) is 0 Å².